The molecule has 2 unspecified atom stereocenters. The Kier molecular flexibility index (Phi) is 4.16. The zero-order chi connectivity index (χ0) is 21.0. The van der Waals surface area contributed by atoms with Gasteiger partial charge in [0.1, 0.15) is 11.7 Å². The van der Waals surface area contributed by atoms with Crippen molar-refractivity contribution in [1.82, 2.24) is 24.6 Å². The van der Waals surface area contributed by atoms with Crippen molar-refractivity contribution in [2.75, 3.05) is 11.9 Å². The predicted octanol–water partition coefficient (Wildman–Crippen LogP) is 3.42. The number of aromatic amines is 1. The van der Waals surface area contributed by atoms with Gasteiger partial charge in [-0.05, 0) is 25.8 Å². The average Bonchev–Trinajstić information content (AvgIpc) is 3.11. The van der Waals surface area contributed by atoms with Gasteiger partial charge in [-0.3, -0.25) is 14.9 Å². The minimum atomic E-state index is -1.08. The Morgan fingerprint density at radius 3 is 2.93 bits per heavy atom. The van der Waals surface area contributed by atoms with E-state index in [2.05, 4.69) is 25.5 Å². The molecule has 154 valence electrons. The van der Waals surface area contributed by atoms with Crippen molar-refractivity contribution in [2.45, 2.75) is 26.4 Å². The fourth-order valence-electron chi connectivity index (χ4n) is 3.59. The van der Waals surface area contributed by atoms with Gasteiger partial charge in [-0.2, -0.15) is 5.10 Å². The molecule has 0 spiro atoms. The Labute approximate surface area is 169 Å². The highest BCUT2D eigenvalue weighted by Gasteiger charge is 2.43. The third kappa shape index (κ3) is 2.87. The van der Waals surface area contributed by atoms with E-state index < -0.39 is 17.9 Å². The normalized spacial score (nSPS) is 18.1. The molecular weight excluding hydrogens is 394 g/mol. The van der Waals surface area contributed by atoms with Crippen LogP contribution in [0.25, 0.3) is 27.8 Å². The van der Waals surface area contributed by atoms with Gasteiger partial charge in [-0.25, -0.2) is 13.8 Å². The van der Waals surface area contributed by atoms with Crippen LogP contribution in [-0.4, -0.2) is 43.3 Å². The minimum absolute atomic E-state index is 0.131. The highest BCUT2D eigenvalue weighted by molar-refractivity contribution is 5.99. The quantitative estimate of drug-likeness (QED) is 0.524. The standard InChI is InChI=1S/C20H18F2N6O2/c1-3-30-19-17(22)9(2)16(11-5-24-27-18(11)19)13-7-28-8-14(25-15(28)6-23-13)26-20(29)10-4-12(10)21/h5-8,10,12H,3-4H2,1-2H3,(H,24,27)(H,26,29). The Hall–Kier alpha value is -3.56. The Balaban J connectivity index is 1.57. The van der Waals surface area contributed by atoms with Gasteiger partial charge < -0.3 is 14.5 Å². The minimum Gasteiger partial charge on any atom is -0.489 e. The highest BCUT2D eigenvalue weighted by Crippen LogP contribution is 2.39. The first-order valence-corrected chi connectivity index (χ1v) is 9.56. The van der Waals surface area contributed by atoms with E-state index in [-0.39, 0.29) is 18.1 Å². The predicted molar refractivity (Wildman–Crippen MR) is 106 cm³/mol. The van der Waals surface area contributed by atoms with Gasteiger partial charge in [-0.1, -0.05) is 0 Å². The molecule has 1 aliphatic rings. The number of halogens is 2. The number of ether oxygens (including phenoxy) is 1. The molecule has 1 aliphatic carbocycles. The van der Waals surface area contributed by atoms with Crippen LogP contribution in [0.2, 0.25) is 0 Å². The fraction of sp³-hybridized carbons (Fsp3) is 0.300. The molecule has 3 heterocycles. The number of amides is 1. The molecule has 5 rings (SSSR count). The first-order chi connectivity index (χ1) is 14.5. The van der Waals surface area contributed by atoms with Gasteiger partial charge in [0, 0.05) is 17.1 Å². The molecule has 1 saturated carbocycles. The molecule has 10 heteroatoms. The number of H-pyrrole nitrogens is 1. The summed E-state index contributed by atoms with van der Waals surface area (Å²) in [6.45, 7) is 3.77. The summed E-state index contributed by atoms with van der Waals surface area (Å²) in [4.78, 5) is 20.7. The lowest BCUT2D eigenvalue weighted by atomic mass is 10.00. The van der Waals surface area contributed by atoms with Crippen LogP contribution in [0, 0.1) is 18.7 Å². The Morgan fingerprint density at radius 1 is 1.40 bits per heavy atom. The Bertz CT molecular complexity index is 1300. The first-order valence-electron chi connectivity index (χ1n) is 9.56. The van der Waals surface area contributed by atoms with Crippen LogP contribution in [0.5, 0.6) is 5.75 Å². The van der Waals surface area contributed by atoms with Crippen LogP contribution in [0.15, 0.2) is 24.8 Å². The van der Waals surface area contributed by atoms with E-state index in [0.717, 1.165) is 0 Å². The average molecular weight is 412 g/mol. The van der Waals surface area contributed by atoms with Gasteiger partial charge in [0.05, 0.1) is 36.8 Å². The number of hydrogen-bond acceptors (Lipinski definition) is 5. The van der Waals surface area contributed by atoms with Crippen LogP contribution in [0.4, 0.5) is 14.6 Å². The van der Waals surface area contributed by atoms with E-state index in [0.29, 0.717) is 45.8 Å². The van der Waals surface area contributed by atoms with E-state index in [4.69, 9.17) is 4.74 Å². The second kappa shape index (κ2) is 6.75. The van der Waals surface area contributed by atoms with E-state index in [1.165, 1.54) is 6.20 Å². The molecule has 0 aliphatic heterocycles. The second-order valence-electron chi connectivity index (χ2n) is 7.25. The maximum Gasteiger partial charge on any atom is 0.231 e. The number of fused-ring (bicyclic) bond motifs is 2. The number of rotatable bonds is 5. The first kappa shape index (κ1) is 18.5. The lowest BCUT2D eigenvalue weighted by Gasteiger charge is -2.13. The monoisotopic (exact) mass is 412 g/mol. The smallest absolute Gasteiger partial charge is 0.231 e. The summed E-state index contributed by atoms with van der Waals surface area (Å²) in [6, 6.07) is 0. The van der Waals surface area contributed by atoms with Crippen molar-refractivity contribution in [3.8, 4) is 17.0 Å². The summed E-state index contributed by atoms with van der Waals surface area (Å²) >= 11 is 0. The molecule has 1 aromatic carbocycles. The summed E-state index contributed by atoms with van der Waals surface area (Å²) < 4.78 is 35.2. The van der Waals surface area contributed by atoms with Crippen molar-refractivity contribution in [1.29, 1.82) is 0 Å². The zero-order valence-corrected chi connectivity index (χ0v) is 16.2. The number of alkyl halides is 1. The summed E-state index contributed by atoms with van der Waals surface area (Å²) in [6.07, 6.45) is 5.61. The molecule has 0 radical (unpaired) electrons. The second-order valence-corrected chi connectivity index (χ2v) is 7.25. The fourth-order valence-corrected chi connectivity index (χ4v) is 3.59. The highest BCUT2D eigenvalue weighted by atomic mass is 19.1. The topological polar surface area (TPSA) is 97.2 Å². The third-order valence-corrected chi connectivity index (χ3v) is 5.23. The van der Waals surface area contributed by atoms with Crippen LogP contribution >= 0.6 is 0 Å². The van der Waals surface area contributed by atoms with E-state index in [9.17, 15) is 9.18 Å². The number of nitrogens with one attached hydrogen (secondary N) is 2. The molecule has 0 bridgehead atoms. The van der Waals surface area contributed by atoms with E-state index in [1.807, 2.05) is 0 Å². The van der Waals surface area contributed by atoms with E-state index in [1.54, 1.807) is 36.8 Å². The number of hydrogen-bond donors (Lipinski definition) is 2. The Morgan fingerprint density at radius 2 is 2.20 bits per heavy atom. The van der Waals surface area contributed by atoms with Crippen molar-refractivity contribution in [3.63, 3.8) is 0 Å². The third-order valence-electron chi connectivity index (χ3n) is 5.23. The molecule has 8 nitrogen and oxygen atoms in total. The van der Waals surface area contributed by atoms with Gasteiger partial charge in [-0.15, -0.1) is 0 Å². The zero-order valence-electron chi connectivity index (χ0n) is 16.2. The summed E-state index contributed by atoms with van der Waals surface area (Å²) in [5.41, 5.74) is 2.43. The number of aromatic nitrogens is 5. The number of imidazole rings is 1. The van der Waals surface area contributed by atoms with Gasteiger partial charge in [0.25, 0.3) is 0 Å². The van der Waals surface area contributed by atoms with Gasteiger partial charge in [0.2, 0.25) is 5.91 Å². The number of anilines is 1. The lowest BCUT2D eigenvalue weighted by molar-refractivity contribution is -0.117. The SMILES string of the molecule is CCOc1c(F)c(C)c(-c2cn3cc(NC(=O)C4CC4F)nc3cn2)c2cn[nH]c12. The summed E-state index contributed by atoms with van der Waals surface area (Å²) in [5, 5.41) is 10.1. The molecule has 3 aromatic heterocycles. The summed E-state index contributed by atoms with van der Waals surface area (Å²) in [5.74, 6) is -1.03. The number of nitrogens with zero attached hydrogens (tertiary/aromatic N) is 4. The maximum absolute atomic E-state index is 15.0. The van der Waals surface area contributed by atoms with Crippen LogP contribution in [-0.2, 0) is 4.79 Å². The number of carbonyl (C=O) groups excluding carboxylic acids is 1. The largest absolute Gasteiger partial charge is 0.489 e. The number of benzene rings is 1. The van der Waals surface area contributed by atoms with Crippen LogP contribution in [0.1, 0.15) is 18.9 Å². The van der Waals surface area contributed by atoms with Crippen molar-refractivity contribution < 1.29 is 18.3 Å². The number of carbonyl (C=O) groups is 1. The molecule has 1 amide bonds. The molecule has 0 saturated heterocycles. The molecule has 4 aromatic rings. The molecular formula is C20H18F2N6O2. The molecule has 2 N–H and O–H groups in total. The summed E-state index contributed by atoms with van der Waals surface area (Å²) in [7, 11) is 0. The van der Waals surface area contributed by atoms with Gasteiger partial charge >= 0.3 is 0 Å². The lowest BCUT2D eigenvalue weighted by Crippen LogP contribution is -2.15. The van der Waals surface area contributed by atoms with Gasteiger partial charge in [0.15, 0.2) is 23.0 Å². The molecule has 1 fully saturated rings. The van der Waals surface area contributed by atoms with Crippen molar-refractivity contribution in [2.24, 2.45) is 5.92 Å². The molecule has 30 heavy (non-hydrogen) atoms. The van der Waals surface area contributed by atoms with Crippen LogP contribution < -0.4 is 10.1 Å². The molecule has 2 atom stereocenters. The maximum atomic E-state index is 15.0. The van der Waals surface area contributed by atoms with Crippen LogP contribution in [0.3, 0.4) is 0 Å². The van der Waals surface area contributed by atoms with E-state index >= 15 is 4.39 Å². The van der Waals surface area contributed by atoms with Crippen molar-refractivity contribution >= 4 is 28.3 Å². The van der Waals surface area contributed by atoms with Crippen molar-refractivity contribution in [3.05, 3.63) is 36.2 Å².